The first-order chi connectivity index (χ1) is 6.87. The molecule has 84 valence electrons. The highest BCUT2D eigenvalue weighted by atomic mass is 32.2. The summed E-state index contributed by atoms with van der Waals surface area (Å²) in [4.78, 5) is 7.04. The molecular formula is C8H12FN3O2S. The van der Waals surface area contributed by atoms with Crippen molar-refractivity contribution in [2.75, 3.05) is 17.3 Å². The molecule has 0 aliphatic carbocycles. The van der Waals surface area contributed by atoms with Crippen molar-refractivity contribution in [2.24, 2.45) is 0 Å². The highest BCUT2D eigenvalue weighted by Gasteiger charge is 2.10. The van der Waals surface area contributed by atoms with Gasteiger partial charge in [0.25, 0.3) is 0 Å². The summed E-state index contributed by atoms with van der Waals surface area (Å²) in [5.74, 6) is -0.406. The number of halogens is 1. The molecule has 0 bridgehead atoms. The second-order valence-corrected chi connectivity index (χ2v) is 5.55. The fraction of sp³-hybridized carbons (Fsp3) is 0.500. The fourth-order valence-corrected chi connectivity index (χ4v) is 2.15. The van der Waals surface area contributed by atoms with E-state index in [2.05, 4.69) is 15.3 Å². The molecule has 1 heterocycles. The first kappa shape index (κ1) is 11.8. The summed E-state index contributed by atoms with van der Waals surface area (Å²) in [5.41, 5.74) is 0. The predicted molar refractivity (Wildman–Crippen MR) is 54.8 cm³/mol. The van der Waals surface area contributed by atoms with Gasteiger partial charge < -0.3 is 5.32 Å². The highest BCUT2D eigenvalue weighted by Crippen LogP contribution is 2.05. The molecule has 7 heteroatoms. The van der Waals surface area contributed by atoms with E-state index in [0.29, 0.717) is 0 Å². The van der Waals surface area contributed by atoms with Crippen LogP contribution >= 0.6 is 0 Å². The Morgan fingerprint density at radius 2 is 2.20 bits per heavy atom. The first-order valence-corrected chi connectivity index (χ1v) is 6.34. The predicted octanol–water partition coefficient (Wildman–Crippen LogP) is 0.461. The second-order valence-electron chi connectivity index (χ2n) is 3.36. The zero-order chi connectivity index (χ0) is 11.5. The SMILES string of the molecule is CC(CS(C)(=O)=O)Nc1cc(F)ncn1. The molecular weight excluding hydrogens is 221 g/mol. The number of hydrogen-bond acceptors (Lipinski definition) is 5. The van der Waals surface area contributed by atoms with Crippen LogP contribution in [0.2, 0.25) is 0 Å². The van der Waals surface area contributed by atoms with Crippen LogP contribution in [-0.2, 0) is 9.84 Å². The summed E-state index contributed by atoms with van der Waals surface area (Å²) in [7, 11) is -3.05. The summed E-state index contributed by atoms with van der Waals surface area (Å²) < 4.78 is 34.6. The number of anilines is 1. The van der Waals surface area contributed by atoms with Gasteiger partial charge in [0.1, 0.15) is 22.0 Å². The molecule has 1 rings (SSSR count). The van der Waals surface area contributed by atoms with Gasteiger partial charge in [-0.3, -0.25) is 0 Å². The van der Waals surface area contributed by atoms with Crippen molar-refractivity contribution in [3.63, 3.8) is 0 Å². The maximum absolute atomic E-state index is 12.6. The molecule has 0 aliphatic rings. The van der Waals surface area contributed by atoms with Crippen molar-refractivity contribution in [1.29, 1.82) is 0 Å². The minimum absolute atomic E-state index is 0.0291. The first-order valence-electron chi connectivity index (χ1n) is 4.28. The van der Waals surface area contributed by atoms with Crippen molar-refractivity contribution >= 4 is 15.7 Å². The number of nitrogens with zero attached hydrogens (tertiary/aromatic N) is 2. The van der Waals surface area contributed by atoms with Gasteiger partial charge in [-0.05, 0) is 6.92 Å². The number of hydrogen-bond donors (Lipinski definition) is 1. The van der Waals surface area contributed by atoms with Gasteiger partial charge >= 0.3 is 0 Å². The Kier molecular flexibility index (Phi) is 3.57. The molecule has 15 heavy (non-hydrogen) atoms. The van der Waals surface area contributed by atoms with Gasteiger partial charge in [-0.2, -0.15) is 4.39 Å². The molecule has 0 saturated carbocycles. The molecule has 1 aromatic heterocycles. The largest absolute Gasteiger partial charge is 0.366 e. The van der Waals surface area contributed by atoms with Gasteiger partial charge in [0, 0.05) is 18.4 Å². The molecule has 1 atom stereocenters. The van der Waals surface area contributed by atoms with Gasteiger partial charge in [0.15, 0.2) is 0 Å². The minimum Gasteiger partial charge on any atom is -0.366 e. The Bertz CT molecular complexity index is 435. The Morgan fingerprint density at radius 1 is 1.53 bits per heavy atom. The lowest BCUT2D eigenvalue weighted by Gasteiger charge is -2.12. The summed E-state index contributed by atoms with van der Waals surface area (Å²) in [6, 6.07) is 0.785. The van der Waals surface area contributed by atoms with Crippen LogP contribution in [0.1, 0.15) is 6.92 Å². The maximum atomic E-state index is 12.6. The van der Waals surface area contributed by atoms with Crippen LogP contribution in [0.25, 0.3) is 0 Å². The van der Waals surface area contributed by atoms with Gasteiger partial charge in [0.05, 0.1) is 5.75 Å². The Balaban J connectivity index is 2.63. The third kappa shape index (κ3) is 4.68. The molecule has 0 aromatic carbocycles. The molecule has 0 radical (unpaired) electrons. The van der Waals surface area contributed by atoms with E-state index < -0.39 is 15.8 Å². The number of aromatic nitrogens is 2. The highest BCUT2D eigenvalue weighted by molar-refractivity contribution is 7.90. The van der Waals surface area contributed by atoms with Crippen LogP contribution in [0.5, 0.6) is 0 Å². The maximum Gasteiger partial charge on any atom is 0.217 e. The van der Waals surface area contributed by atoms with Crippen LogP contribution < -0.4 is 5.32 Å². The summed E-state index contributed by atoms with van der Waals surface area (Å²) >= 11 is 0. The average Bonchev–Trinajstić information content (AvgIpc) is 1.99. The lowest BCUT2D eigenvalue weighted by molar-refractivity contribution is 0.579. The van der Waals surface area contributed by atoms with Crippen LogP contribution in [0, 0.1) is 5.95 Å². The number of nitrogens with one attached hydrogen (secondary N) is 1. The van der Waals surface area contributed by atoms with Crippen LogP contribution in [0.15, 0.2) is 12.4 Å². The standard InChI is InChI=1S/C8H12FN3O2S/c1-6(4-15(2,13)14)12-8-3-7(9)10-5-11-8/h3,5-6H,4H2,1-2H3,(H,10,11,12). The third-order valence-corrected chi connectivity index (χ3v) is 2.69. The van der Waals surface area contributed by atoms with E-state index in [4.69, 9.17) is 0 Å². The zero-order valence-electron chi connectivity index (χ0n) is 8.44. The van der Waals surface area contributed by atoms with Crippen molar-refractivity contribution in [3.05, 3.63) is 18.3 Å². The fourth-order valence-electron chi connectivity index (χ4n) is 1.16. The molecule has 1 N–H and O–H groups in total. The quantitative estimate of drug-likeness (QED) is 0.765. The van der Waals surface area contributed by atoms with Crippen molar-refractivity contribution in [2.45, 2.75) is 13.0 Å². The Morgan fingerprint density at radius 3 is 2.73 bits per heavy atom. The Labute approximate surface area is 87.7 Å². The molecule has 1 unspecified atom stereocenters. The average molecular weight is 233 g/mol. The van der Waals surface area contributed by atoms with E-state index in [-0.39, 0.29) is 17.6 Å². The number of rotatable bonds is 4. The van der Waals surface area contributed by atoms with Gasteiger partial charge in [-0.15, -0.1) is 0 Å². The van der Waals surface area contributed by atoms with E-state index in [0.717, 1.165) is 18.6 Å². The molecule has 0 spiro atoms. The van der Waals surface area contributed by atoms with Gasteiger partial charge in [0.2, 0.25) is 5.95 Å². The summed E-state index contributed by atoms with van der Waals surface area (Å²) in [5, 5.41) is 2.77. The third-order valence-electron chi connectivity index (χ3n) is 1.58. The summed E-state index contributed by atoms with van der Waals surface area (Å²) in [6.45, 7) is 1.68. The van der Waals surface area contributed by atoms with E-state index >= 15 is 0 Å². The monoisotopic (exact) mass is 233 g/mol. The minimum atomic E-state index is -3.05. The van der Waals surface area contributed by atoms with Crippen LogP contribution in [-0.4, -0.2) is 36.4 Å². The molecule has 1 aromatic rings. The Hall–Kier alpha value is -1.24. The van der Waals surface area contributed by atoms with E-state index in [1.165, 1.54) is 0 Å². The van der Waals surface area contributed by atoms with Gasteiger partial charge in [-0.25, -0.2) is 18.4 Å². The van der Waals surface area contributed by atoms with Crippen molar-refractivity contribution in [3.8, 4) is 0 Å². The zero-order valence-corrected chi connectivity index (χ0v) is 9.25. The normalized spacial score (nSPS) is 13.5. The second kappa shape index (κ2) is 4.52. The van der Waals surface area contributed by atoms with Crippen molar-refractivity contribution < 1.29 is 12.8 Å². The molecule has 0 saturated heterocycles. The van der Waals surface area contributed by atoms with E-state index in [9.17, 15) is 12.8 Å². The van der Waals surface area contributed by atoms with Crippen LogP contribution in [0.4, 0.5) is 10.2 Å². The molecule has 0 aliphatic heterocycles. The number of sulfone groups is 1. The molecule has 5 nitrogen and oxygen atoms in total. The topological polar surface area (TPSA) is 72.0 Å². The van der Waals surface area contributed by atoms with Crippen molar-refractivity contribution in [1.82, 2.24) is 9.97 Å². The van der Waals surface area contributed by atoms with Gasteiger partial charge in [-0.1, -0.05) is 0 Å². The van der Waals surface area contributed by atoms with Crippen LogP contribution in [0.3, 0.4) is 0 Å². The molecule has 0 fully saturated rings. The summed E-state index contributed by atoms with van der Waals surface area (Å²) in [6.07, 6.45) is 2.22. The molecule has 0 amide bonds. The smallest absolute Gasteiger partial charge is 0.217 e. The van der Waals surface area contributed by atoms with E-state index in [1.54, 1.807) is 6.92 Å². The lowest BCUT2D eigenvalue weighted by atomic mass is 10.4. The van der Waals surface area contributed by atoms with E-state index in [1.807, 2.05) is 0 Å². The lowest BCUT2D eigenvalue weighted by Crippen LogP contribution is -2.25.